The molecule has 0 saturated heterocycles. The summed E-state index contributed by atoms with van der Waals surface area (Å²) in [7, 11) is 0. The summed E-state index contributed by atoms with van der Waals surface area (Å²) in [6.45, 7) is 11.7. The lowest BCUT2D eigenvalue weighted by atomic mass is 9.46. The van der Waals surface area contributed by atoms with Gasteiger partial charge in [-0.15, -0.1) is 0 Å². The Labute approximate surface area is 194 Å². The van der Waals surface area contributed by atoms with E-state index in [2.05, 4.69) is 56.6 Å². The third-order valence-electron chi connectivity index (χ3n) is 10.7. The first-order valence-electron chi connectivity index (χ1n) is 13.1. The quantitative estimate of drug-likeness (QED) is 0.277. The van der Waals surface area contributed by atoms with Crippen LogP contribution in [0, 0.1) is 46.3 Å². The molecule has 0 aromatic rings. The molecule has 0 aliphatic heterocycles. The van der Waals surface area contributed by atoms with Gasteiger partial charge in [0.05, 0.1) is 0 Å². The van der Waals surface area contributed by atoms with Gasteiger partial charge in [0.1, 0.15) is 5.78 Å². The molecule has 0 amide bonds. The van der Waals surface area contributed by atoms with E-state index in [0.717, 1.165) is 36.5 Å². The second kappa shape index (κ2) is 8.68. The van der Waals surface area contributed by atoms with Gasteiger partial charge in [-0.25, -0.2) is 0 Å². The number of hydrogen-bond donors (Lipinski definition) is 0. The van der Waals surface area contributed by atoms with Crippen molar-refractivity contribution in [2.45, 2.75) is 110 Å². The molecule has 30 heavy (non-hydrogen) atoms. The largest absolute Gasteiger partial charge is 0.299 e. The summed E-state index contributed by atoms with van der Waals surface area (Å²) in [5.41, 5.74) is 2.81. The van der Waals surface area contributed by atoms with Crippen molar-refractivity contribution < 1.29 is 4.79 Å². The van der Waals surface area contributed by atoms with E-state index in [1.54, 1.807) is 5.57 Å². The molecular weight excluding hydrogens is 432 g/mol. The number of carbonyl (C=O) groups excluding carboxylic acids is 1. The minimum Gasteiger partial charge on any atom is -0.299 e. The molecule has 170 valence electrons. The maximum Gasteiger partial charge on any atom is 0.135 e. The van der Waals surface area contributed by atoms with E-state index in [-0.39, 0.29) is 5.92 Å². The topological polar surface area (TPSA) is 17.1 Å². The maximum atomic E-state index is 12.3. The lowest BCUT2D eigenvalue weighted by Gasteiger charge is -2.59. The average molecular weight is 478 g/mol. The van der Waals surface area contributed by atoms with Crippen molar-refractivity contribution >= 4 is 21.7 Å². The summed E-state index contributed by atoms with van der Waals surface area (Å²) < 4.78 is 0. The van der Waals surface area contributed by atoms with Crippen molar-refractivity contribution in [3.63, 3.8) is 0 Å². The van der Waals surface area contributed by atoms with Crippen molar-refractivity contribution in [3.05, 3.63) is 11.6 Å². The predicted octanol–water partition coefficient (Wildman–Crippen LogP) is 8.36. The van der Waals surface area contributed by atoms with Crippen molar-refractivity contribution in [1.29, 1.82) is 0 Å². The summed E-state index contributed by atoms with van der Waals surface area (Å²) in [6, 6.07) is 0. The van der Waals surface area contributed by atoms with Crippen LogP contribution in [0.3, 0.4) is 0 Å². The summed E-state index contributed by atoms with van der Waals surface area (Å²) in [6.07, 6.45) is 17.1. The summed E-state index contributed by atoms with van der Waals surface area (Å²) in [4.78, 5) is 13.0. The fourth-order valence-corrected chi connectivity index (χ4v) is 9.46. The first-order valence-corrected chi connectivity index (χ1v) is 14.0. The van der Waals surface area contributed by atoms with Gasteiger partial charge in [0.25, 0.3) is 0 Å². The number of Topliss-reactive ketones (excluding diaryl/α,β-unsaturated/α-hetero) is 1. The zero-order valence-electron chi connectivity index (χ0n) is 20.2. The molecule has 4 aliphatic carbocycles. The average Bonchev–Trinajstić information content (AvgIpc) is 3.12. The molecule has 0 unspecified atom stereocenters. The normalized spacial score (nSPS) is 44.1. The van der Waals surface area contributed by atoms with Crippen LogP contribution >= 0.6 is 15.9 Å². The molecule has 4 rings (SSSR count). The van der Waals surface area contributed by atoms with Gasteiger partial charge < -0.3 is 0 Å². The zero-order valence-corrected chi connectivity index (χ0v) is 21.8. The van der Waals surface area contributed by atoms with Crippen LogP contribution in [0.15, 0.2) is 11.6 Å². The summed E-state index contributed by atoms with van der Waals surface area (Å²) in [5.74, 6) is 4.94. The van der Waals surface area contributed by atoms with Gasteiger partial charge >= 0.3 is 0 Å². The Balaban J connectivity index is 1.53. The third-order valence-corrected chi connectivity index (χ3v) is 11.4. The van der Waals surface area contributed by atoms with Crippen LogP contribution in [0.1, 0.15) is 105 Å². The molecule has 0 heterocycles. The first-order chi connectivity index (χ1) is 14.2. The van der Waals surface area contributed by atoms with E-state index in [9.17, 15) is 4.79 Å². The number of hydrogen-bond acceptors (Lipinski definition) is 1. The monoisotopic (exact) mass is 476 g/mol. The Bertz CT molecular complexity index is 680. The van der Waals surface area contributed by atoms with E-state index in [1.807, 2.05) is 0 Å². The van der Waals surface area contributed by atoms with Gasteiger partial charge in [0, 0.05) is 17.2 Å². The fourth-order valence-electron chi connectivity index (χ4n) is 8.88. The van der Waals surface area contributed by atoms with E-state index < -0.39 is 0 Å². The molecule has 0 N–H and O–H groups in total. The maximum absolute atomic E-state index is 12.3. The Kier molecular flexibility index (Phi) is 6.67. The fraction of sp³-hybridized carbons (Fsp3) is 0.893. The van der Waals surface area contributed by atoms with Crippen LogP contribution in [0.5, 0.6) is 0 Å². The van der Waals surface area contributed by atoms with Crippen LogP contribution in [0.4, 0.5) is 0 Å². The molecule has 0 aromatic carbocycles. The van der Waals surface area contributed by atoms with E-state index >= 15 is 0 Å². The number of rotatable bonds is 6. The van der Waals surface area contributed by atoms with E-state index in [1.165, 1.54) is 57.8 Å². The molecule has 8 atom stereocenters. The summed E-state index contributed by atoms with van der Waals surface area (Å²) >= 11 is 3.92. The van der Waals surface area contributed by atoms with Crippen LogP contribution in [-0.4, -0.2) is 10.6 Å². The minimum absolute atomic E-state index is 0.197. The lowest BCUT2D eigenvalue weighted by molar-refractivity contribution is -0.122. The molecular formula is C28H45BrO. The van der Waals surface area contributed by atoms with Crippen LogP contribution in [0.25, 0.3) is 0 Å². The van der Waals surface area contributed by atoms with Gasteiger partial charge in [-0.2, -0.15) is 0 Å². The van der Waals surface area contributed by atoms with Gasteiger partial charge in [-0.3, -0.25) is 4.79 Å². The number of halogens is 1. The van der Waals surface area contributed by atoms with E-state index in [4.69, 9.17) is 0 Å². The van der Waals surface area contributed by atoms with Crippen molar-refractivity contribution in [2.24, 2.45) is 46.3 Å². The second-order valence-electron chi connectivity index (χ2n) is 12.0. The molecule has 0 bridgehead atoms. The highest BCUT2D eigenvalue weighted by molar-refractivity contribution is 9.09. The number of allylic oxidation sites excluding steroid dienone is 2. The van der Waals surface area contributed by atoms with Crippen LogP contribution in [0.2, 0.25) is 0 Å². The third kappa shape index (κ3) is 3.69. The standard InChI is InChI=1S/C28H45BrO/c1-6-28-16-14-24-22(9-8-20-17-21(29)13-15-27(20,24)5)25(28)11-10-23(28)19(4)7-12-26(30)18(2)3/h8,18-19,21-25H,6-7,9-17H2,1-5H3/t19-,21+,22-,23-,24+,25+,27+,28-/m1/s1. The number of ketones is 1. The molecule has 0 radical (unpaired) electrons. The molecule has 0 spiro atoms. The van der Waals surface area contributed by atoms with Crippen molar-refractivity contribution in [2.75, 3.05) is 0 Å². The molecule has 1 nitrogen and oxygen atoms in total. The molecule has 2 heteroatoms. The Morgan fingerprint density at radius 2 is 1.90 bits per heavy atom. The Hall–Kier alpha value is -0.110. The highest BCUT2D eigenvalue weighted by Crippen LogP contribution is 2.68. The molecule has 4 aliphatic rings. The Morgan fingerprint density at radius 1 is 1.13 bits per heavy atom. The molecule has 3 saturated carbocycles. The minimum atomic E-state index is 0.197. The van der Waals surface area contributed by atoms with Gasteiger partial charge in [-0.05, 0) is 105 Å². The number of alkyl halides is 1. The SMILES string of the molecule is CC[C@]12CC[C@H]3[C@@H](CC=C4C[C@@H](Br)CC[C@@]43C)[C@@H]1CC[C@@H]2[C@H](C)CCC(=O)C(C)C. The van der Waals surface area contributed by atoms with Crippen molar-refractivity contribution in [3.8, 4) is 0 Å². The zero-order chi connectivity index (χ0) is 21.7. The van der Waals surface area contributed by atoms with Gasteiger partial charge in [0.2, 0.25) is 0 Å². The summed E-state index contributed by atoms with van der Waals surface area (Å²) in [5, 5.41) is 0. The smallest absolute Gasteiger partial charge is 0.135 e. The number of fused-ring (bicyclic) bond motifs is 5. The highest BCUT2D eigenvalue weighted by atomic mass is 79.9. The lowest BCUT2D eigenvalue weighted by Crippen LogP contribution is -2.51. The molecule has 0 aromatic heterocycles. The van der Waals surface area contributed by atoms with E-state index in [0.29, 0.717) is 27.4 Å². The van der Waals surface area contributed by atoms with Gasteiger partial charge in [-0.1, -0.05) is 62.2 Å². The van der Waals surface area contributed by atoms with Crippen LogP contribution in [-0.2, 0) is 4.79 Å². The molecule has 3 fully saturated rings. The Morgan fingerprint density at radius 3 is 2.60 bits per heavy atom. The predicted molar refractivity (Wildman–Crippen MR) is 131 cm³/mol. The highest BCUT2D eigenvalue weighted by Gasteiger charge is 2.60. The van der Waals surface area contributed by atoms with Gasteiger partial charge in [0.15, 0.2) is 0 Å². The second-order valence-corrected chi connectivity index (χ2v) is 13.3. The number of carbonyl (C=O) groups is 1. The van der Waals surface area contributed by atoms with Crippen molar-refractivity contribution in [1.82, 2.24) is 0 Å². The van der Waals surface area contributed by atoms with Crippen LogP contribution < -0.4 is 0 Å². The first kappa shape index (κ1) is 23.1.